The van der Waals surface area contributed by atoms with Crippen LogP contribution in [0.4, 0.5) is 20.2 Å². The van der Waals surface area contributed by atoms with Gasteiger partial charge in [0.05, 0.1) is 11.4 Å². The van der Waals surface area contributed by atoms with Gasteiger partial charge in [0, 0.05) is 18.4 Å². The van der Waals surface area contributed by atoms with E-state index in [0.29, 0.717) is 10.9 Å². The molecule has 122 valence electrons. The molecule has 23 heavy (non-hydrogen) atoms. The van der Waals surface area contributed by atoms with Crippen LogP contribution in [0.1, 0.15) is 5.56 Å². The second-order valence-corrected chi connectivity index (χ2v) is 7.59. The van der Waals surface area contributed by atoms with Gasteiger partial charge in [0.2, 0.25) is 0 Å². The van der Waals surface area contributed by atoms with Crippen LogP contribution >= 0.6 is 15.9 Å². The first-order valence-electron chi connectivity index (χ1n) is 6.84. The minimum atomic E-state index is -3.95. The van der Waals surface area contributed by atoms with Crippen molar-refractivity contribution in [2.75, 3.05) is 16.2 Å². The fourth-order valence-electron chi connectivity index (χ4n) is 2.55. The van der Waals surface area contributed by atoms with Crippen molar-refractivity contribution in [3.63, 3.8) is 0 Å². The quantitative estimate of drug-likeness (QED) is 0.736. The maximum atomic E-state index is 14.2. The molecule has 8 heteroatoms. The molecule has 0 unspecified atom stereocenters. The second-order valence-electron chi connectivity index (χ2n) is 5.02. The number of para-hydroxylation sites is 1. The summed E-state index contributed by atoms with van der Waals surface area (Å²) >= 11 is 3.21. The van der Waals surface area contributed by atoms with Crippen LogP contribution < -0.4 is 4.31 Å². The van der Waals surface area contributed by atoms with Crippen molar-refractivity contribution in [2.24, 2.45) is 0 Å². The van der Waals surface area contributed by atoms with Crippen molar-refractivity contribution in [1.82, 2.24) is 4.31 Å². The number of halogens is 3. The van der Waals surface area contributed by atoms with Crippen molar-refractivity contribution < 1.29 is 17.2 Å². The van der Waals surface area contributed by atoms with Gasteiger partial charge in [-0.1, -0.05) is 28.1 Å². The van der Waals surface area contributed by atoms with Gasteiger partial charge in [-0.05, 0) is 35.9 Å². The molecule has 0 amide bonds. The van der Waals surface area contributed by atoms with E-state index in [1.165, 1.54) is 40.7 Å². The number of hydrogen-bond acceptors (Lipinski definition) is 2. The van der Waals surface area contributed by atoms with E-state index in [9.17, 15) is 17.2 Å². The fraction of sp³-hybridized carbons (Fsp3) is 0.200. The number of fused-ring (bicyclic) bond motifs is 1. The summed E-state index contributed by atoms with van der Waals surface area (Å²) in [6.07, 6.45) is 0. The zero-order valence-electron chi connectivity index (χ0n) is 11.9. The summed E-state index contributed by atoms with van der Waals surface area (Å²) in [7, 11) is -3.95. The molecule has 0 saturated heterocycles. The highest BCUT2D eigenvalue weighted by Crippen LogP contribution is 2.39. The lowest BCUT2D eigenvalue weighted by atomic mass is 10.1. The number of anilines is 2. The predicted molar refractivity (Wildman–Crippen MR) is 88.1 cm³/mol. The number of benzene rings is 2. The summed E-state index contributed by atoms with van der Waals surface area (Å²) in [6.45, 7) is 0.245. The second kappa shape index (κ2) is 6.18. The van der Waals surface area contributed by atoms with Gasteiger partial charge in [-0.2, -0.15) is 12.7 Å². The van der Waals surface area contributed by atoms with Crippen molar-refractivity contribution in [1.29, 1.82) is 0 Å². The fourth-order valence-corrected chi connectivity index (χ4v) is 4.89. The van der Waals surface area contributed by atoms with E-state index in [1.807, 2.05) is 0 Å². The van der Waals surface area contributed by atoms with Crippen molar-refractivity contribution in [3.8, 4) is 0 Å². The summed E-state index contributed by atoms with van der Waals surface area (Å²) < 4.78 is 55.6. The van der Waals surface area contributed by atoms with E-state index < -0.39 is 21.8 Å². The van der Waals surface area contributed by atoms with Gasteiger partial charge in [0.25, 0.3) is 0 Å². The Balaban J connectivity index is 2.24. The maximum absolute atomic E-state index is 14.2. The Bertz CT molecular complexity index is 845. The molecule has 0 atom stereocenters. The molecule has 3 rings (SSSR count). The van der Waals surface area contributed by atoms with E-state index in [1.54, 1.807) is 6.07 Å². The molecule has 0 fully saturated rings. The van der Waals surface area contributed by atoms with E-state index in [2.05, 4.69) is 15.9 Å². The predicted octanol–water partition coefficient (Wildman–Crippen LogP) is 3.56. The summed E-state index contributed by atoms with van der Waals surface area (Å²) in [5.74, 6) is -1.12. The third-order valence-electron chi connectivity index (χ3n) is 3.57. The third-order valence-corrected chi connectivity index (χ3v) is 5.74. The van der Waals surface area contributed by atoms with Crippen LogP contribution in [0.15, 0.2) is 42.5 Å². The van der Waals surface area contributed by atoms with Gasteiger partial charge in [-0.15, -0.1) is 0 Å². The van der Waals surface area contributed by atoms with E-state index >= 15 is 0 Å². The molecule has 0 aliphatic carbocycles. The average Bonchev–Trinajstić information content (AvgIpc) is 2.50. The Morgan fingerprint density at radius 3 is 2.52 bits per heavy atom. The minimum absolute atomic E-state index is 0.0476. The van der Waals surface area contributed by atoms with E-state index in [0.717, 1.165) is 4.31 Å². The van der Waals surface area contributed by atoms with Crippen LogP contribution in [0.5, 0.6) is 0 Å². The smallest absolute Gasteiger partial charge is 0.222 e. The van der Waals surface area contributed by atoms with E-state index in [-0.39, 0.29) is 24.5 Å². The molecule has 0 spiro atoms. The molecular weight excluding hydrogens is 390 g/mol. The molecular formula is C15H13BrF2N2O2S. The maximum Gasteiger partial charge on any atom is 0.308 e. The molecule has 1 heterocycles. The van der Waals surface area contributed by atoms with Gasteiger partial charge in [-0.25, -0.2) is 13.1 Å². The molecule has 0 bridgehead atoms. The normalized spacial score (nSPS) is 17.1. The van der Waals surface area contributed by atoms with Gasteiger partial charge < -0.3 is 0 Å². The molecule has 2 aromatic carbocycles. The SMILES string of the molecule is O=S1(=O)N(CCBr)Cc2cc(F)ccc2N1c1ccccc1F. The van der Waals surface area contributed by atoms with Gasteiger partial charge in [0.1, 0.15) is 11.6 Å². The molecule has 1 aliphatic rings. The summed E-state index contributed by atoms with van der Waals surface area (Å²) in [4.78, 5) is 0. The Labute approximate surface area is 141 Å². The van der Waals surface area contributed by atoms with Crippen molar-refractivity contribution in [2.45, 2.75) is 6.54 Å². The van der Waals surface area contributed by atoms with Crippen molar-refractivity contribution in [3.05, 3.63) is 59.7 Å². The van der Waals surface area contributed by atoms with Gasteiger partial charge >= 0.3 is 10.2 Å². The van der Waals surface area contributed by atoms with Crippen LogP contribution in [-0.2, 0) is 16.8 Å². The van der Waals surface area contributed by atoms with Crippen LogP contribution in [0, 0.1) is 11.6 Å². The highest BCUT2D eigenvalue weighted by atomic mass is 79.9. The van der Waals surface area contributed by atoms with Gasteiger partial charge in [0.15, 0.2) is 0 Å². The molecule has 0 N–H and O–H groups in total. The lowest BCUT2D eigenvalue weighted by molar-refractivity contribution is 0.418. The third kappa shape index (κ3) is 2.86. The van der Waals surface area contributed by atoms with Crippen LogP contribution in [0.3, 0.4) is 0 Å². The molecule has 2 aromatic rings. The molecule has 0 aromatic heterocycles. The number of rotatable bonds is 3. The van der Waals surface area contributed by atoms with Gasteiger partial charge in [-0.3, -0.25) is 0 Å². The average molecular weight is 403 g/mol. The van der Waals surface area contributed by atoms with E-state index in [4.69, 9.17) is 0 Å². The first-order chi connectivity index (χ1) is 10.9. The Hall–Kier alpha value is -1.51. The Kier molecular flexibility index (Phi) is 4.39. The summed E-state index contributed by atoms with van der Waals surface area (Å²) in [5.41, 5.74) is 0.672. The van der Waals surface area contributed by atoms with Crippen LogP contribution in [-0.4, -0.2) is 24.6 Å². The molecule has 4 nitrogen and oxygen atoms in total. The lowest BCUT2D eigenvalue weighted by Crippen LogP contribution is -2.46. The number of hydrogen-bond donors (Lipinski definition) is 0. The monoisotopic (exact) mass is 402 g/mol. The highest BCUT2D eigenvalue weighted by molar-refractivity contribution is 9.09. The standard InChI is InChI=1S/C15H13BrF2N2O2S/c16-7-8-19-10-11-9-12(17)5-6-14(11)20(23(19,21)22)15-4-2-1-3-13(15)18/h1-6,9H,7-8,10H2. The van der Waals surface area contributed by atoms with Crippen LogP contribution in [0.25, 0.3) is 0 Å². The molecule has 0 radical (unpaired) electrons. The topological polar surface area (TPSA) is 40.6 Å². The minimum Gasteiger partial charge on any atom is -0.222 e. The Morgan fingerprint density at radius 2 is 1.83 bits per heavy atom. The first kappa shape index (κ1) is 16.4. The zero-order chi connectivity index (χ0) is 16.6. The number of alkyl halides is 1. The Morgan fingerprint density at radius 1 is 1.09 bits per heavy atom. The molecule has 1 aliphatic heterocycles. The lowest BCUT2D eigenvalue weighted by Gasteiger charge is -2.37. The largest absolute Gasteiger partial charge is 0.308 e. The summed E-state index contributed by atoms with van der Waals surface area (Å²) in [6, 6.07) is 9.43. The molecule has 0 saturated carbocycles. The summed E-state index contributed by atoms with van der Waals surface area (Å²) in [5, 5.41) is 0.419. The zero-order valence-corrected chi connectivity index (χ0v) is 14.3. The number of nitrogens with zero attached hydrogens (tertiary/aromatic N) is 2. The first-order valence-corrected chi connectivity index (χ1v) is 9.36. The van der Waals surface area contributed by atoms with Crippen molar-refractivity contribution >= 4 is 37.5 Å². The highest BCUT2D eigenvalue weighted by Gasteiger charge is 2.38. The van der Waals surface area contributed by atoms with Crippen LogP contribution in [0.2, 0.25) is 0 Å².